The number of anilines is 1. The highest BCUT2D eigenvalue weighted by molar-refractivity contribution is 9.11. The Kier molecular flexibility index (Phi) is 6.42. The van der Waals surface area contributed by atoms with Gasteiger partial charge in [-0.2, -0.15) is 0 Å². The Morgan fingerprint density at radius 3 is 2.70 bits per heavy atom. The third-order valence-electron chi connectivity index (χ3n) is 3.31. The van der Waals surface area contributed by atoms with Crippen LogP contribution in [0, 0.1) is 0 Å². The van der Waals surface area contributed by atoms with Crippen molar-refractivity contribution < 1.29 is 9.53 Å². The van der Waals surface area contributed by atoms with Crippen LogP contribution in [0.3, 0.4) is 0 Å². The average molecular weight is 439 g/mol. The highest BCUT2D eigenvalue weighted by atomic mass is 79.9. The summed E-state index contributed by atoms with van der Waals surface area (Å²) in [6.45, 7) is 2.06. The van der Waals surface area contributed by atoms with Crippen LogP contribution in [0.2, 0.25) is 0 Å². The first-order valence-electron chi connectivity index (χ1n) is 7.15. The Bertz CT molecular complexity index is 742. The van der Waals surface area contributed by atoms with Crippen LogP contribution in [0.1, 0.15) is 18.1 Å². The highest BCUT2D eigenvalue weighted by Gasteiger charge is 2.08. The molecule has 3 nitrogen and oxygen atoms in total. The summed E-state index contributed by atoms with van der Waals surface area (Å²) in [6.07, 6.45) is 4.11. The summed E-state index contributed by atoms with van der Waals surface area (Å²) in [7, 11) is 1.60. The number of halogens is 2. The second-order valence-corrected chi connectivity index (χ2v) is 6.61. The standard InChI is InChI=1S/C18H17Br2NO2/c1-3-12-6-4-5-7-16(12)21-17(22)9-8-13-10-14(19)11-15(20)18(13)23-2/h4-11H,3H2,1-2H3,(H,21,22). The van der Waals surface area contributed by atoms with Gasteiger partial charge in [0.2, 0.25) is 5.91 Å². The first kappa shape index (κ1) is 17.8. The molecular formula is C18H17Br2NO2. The van der Waals surface area contributed by atoms with Gasteiger partial charge in [0, 0.05) is 21.8 Å². The lowest BCUT2D eigenvalue weighted by Crippen LogP contribution is -2.09. The fourth-order valence-corrected chi connectivity index (χ4v) is 3.63. The predicted octanol–water partition coefficient (Wildman–Crippen LogP) is 5.43. The summed E-state index contributed by atoms with van der Waals surface area (Å²) in [4.78, 5) is 12.2. The normalized spacial score (nSPS) is 10.8. The Morgan fingerprint density at radius 1 is 1.26 bits per heavy atom. The van der Waals surface area contributed by atoms with Crippen molar-refractivity contribution in [1.29, 1.82) is 0 Å². The number of amides is 1. The van der Waals surface area contributed by atoms with E-state index in [0.717, 1.165) is 32.2 Å². The zero-order chi connectivity index (χ0) is 16.8. The number of hydrogen-bond donors (Lipinski definition) is 1. The Balaban J connectivity index is 2.19. The number of aryl methyl sites for hydroxylation is 1. The molecule has 0 aliphatic rings. The van der Waals surface area contributed by atoms with Crippen LogP contribution in [-0.4, -0.2) is 13.0 Å². The van der Waals surface area contributed by atoms with Gasteiger partial charge in [0.15, 0.2) is 0 Å². The number of para-hydroxylation sites is 1. The van der Waals surface area contributed by atoms with E-state index in [1.165, 1.54) is 6.08 Å². The van der Waals surface area contributed by atoms with Gasteiger partial charge in [-0.25, -0.2) is 0 Å². The van der Waals surface area contributed by atoms with E-state index in [-0.39, 0.29) is 5.91 Å². The Labute approximate surface area is 153 Å². The number of nitrogens with one attached hydrogen (secondary N) is 1. The molecule has 1 N–H and O–H groups in total. The molecule has 0 fully saturated rings. The van der Waals surface area contributed by atoms with Gasteiger partial charge < -0.3 is 10.1 Å². The minimum Gasteiger partial charge on any atom is -0.495 e. The number of benzene rings is 2. The zero-order valence-corrected chi connectivity index (χ0v) is 16.1. The molecule has 0 aliphatic carbocycles. The number of hydrogen-bond acceptors (Lipinski definition) is 2. The Hall–Kier alpha value is -1.59. The second-order valence-electron chi connectivity index (χ2n) is 4.84. The minimum atomic E-state index is -0.177. The smallest absolute Gasteiger partial charge is 0.248 e. The fraction of sp³-hybridized carbons (Fsp3) is 0.167. The molecule has 0 unspecified atom stereocenters. The van der Waals surface area contributed by atoms with Gasteiger partial charge >= 0.3 is 0 Å². The molecule has 0 radical (unpaired) electrons. The van der Waals surface area contributed by atoms with Crippen LogP contribution in [0.25, 0.3) is 6.08 Å². The fourth-order valence-electron chi connectivity index (χ4n) is 2.21. The van der Waals surface area contributed by atoms with Gasteiger partial charge in [-0.3, -0.25) is 4.79 Å². The van der Waals surface area contributed by atoms with E-state index in [2.05, 4.69) is 44.1 Å². The van der Waals surface area contributed by atoms with E-state index in [4.69, 9.17) is 4.74 Å². The van der Waals surface area contributed by atoms with Crippen molar-refractivity contribution in [3.8, 4) is 5.75 Å². The molecule has 2 aromatic rings. The third kappa shape index (κ3) is 4.69. The van der Waals surface area contributed by atoms with Crippen LogP contribution < -0.4 is 10.1 Å². The van der Waals surface area contributed by atoms with Crippen LogP contribution >= 0.6 is 31.9 Å². The maximum Gasteiger partial charge on any atom is 0.248 e. The zero-order valence-electron chi connectivity index (χ0n) is 12.9. The van der Waals surface area contributed by atoms with Gasteiger partial charge in [-0.05, 0) is 52.2 Å². The molecule has 0 saturated heterocycles. The third-order valence-corrected chi connectivity index (χ3v) is 4.36. The van der Waals surface area contributed by atoms with Gasteiger partial charge in [0.1, 0.15) is 5.75 Å². The Morgan fingerprint density at radius 2 is 2.00 bits per heavy atom. The lowest BCUT2D eigenvalue weighted by atomic mass is 10.1. The molecule has 2 rings (SSSR count). The molecule has 0 spiro atoms. The van der Waals surface area contributed by atoms with E-state index >= 15 is 0 Å². The molecule has 23 heavy (non-hydrogen) atoms. The maximum absolute atomic E-state index is 12.2. The van der Waals surface area contributed by atoms with Crippen molar-refractivity contribution in [1.82, 2.24) is 0 Å². The van der Waals surface area contributed by atoms with Crippen molar-refractivity contribution in [2.75, 3.05) is 12.4 Å². The van der Waals surface area contributed by atoms with Crippen LogP contribution in [0.4, 0.5) is 5.69 Å². The van der Waals surface area contributed by atoms with Gasteiger partial charge in [-0.15, -0.1) is 0 Å². The summed E-state index contributed by atoms with van der Waals surface area (Å²) < 4.78 is 7.10. The van der Waals surface area contributed by atoms with E-state index < -0.39 is 0 Å². The number of ether oxygens (including phenoxy) is 1. The van der Waals surface area contributed by atoms with Gasteiger partial charge in [0.05, 0.1) is 11.6 Å². The number of carbonyl (C=O) groups excluding carboxylic acids is 1. The van der Waals surface area contributed by atoms with Gasteiger partial charge in [0.25, 0.3) is 0 Å². The first-order valence-corrected chi connectivity index (χ1v) is 8.73. The van der Waals surface area contributed by atoms with Crippen molar-refractivity contribution in [2.45, 2.75) is 13.3 Å². The molecule has 2 aromatic carbocycles. The van der Waals surface area contributed by atoms with Crippen LogP contribution in [0.5, 0.6) is 5.75 Å². The molecule has 1 amide bonds. The highest BCUT2D eigenvalue weighted by Crippen LogP contribution is 2.33. The number of methoxy groups -OCH3 is 1. The first-order chi connectivity index (χ1) is 11.0. The van der Waals surface area contributed by atoms with Crippen molar-refractivity contribution >= 4 is 49.5 Å². The second kappa shape index (κ2) is 8.31. The van der Waals surface area contributed by atoms with E-state index in [9.17, 15) is 4.79 Å². The molecule has 0 aliphatic heterocycles. The molecule has 0 saturated carbocycles. The van der Waals surface area contributed by atoms with E-state index in [0.29, 0.717) is 5.75 Å². The molecule has 5 heteroatoms. The predicted molar refractivity (Wildman–Crippen MR) is 102 cm³/mol. The van der Waals surface area contributed by atoms with Gasteiger partial charge in [-0.1, -0.05) is 41.1 Å². The lowest BCUT2D eigenvalue weighted by Gasteiger charge is -2.09. The van der Waals surface area contributed by atoms with Crippen molar-refractivity contribution in [2.24, 2.45) is 0 Å². The van der Waals surface area contributed by atoms with Crippen molar-refractivity contribution in [3.63, 3.8) is 0 Å². The molecular weight excluding hydrogens is 422 g/mol. The monoisotopic (exact) mass is 437 g/mol. The number of carbonyl (C=O) groups is 1. The van der Waals surface area contributed by atoms with Crippen LogP contribution in [0.15, 0.2) is 51.4 Å². The molecule has 0 atom stereocenters. The van der Waals surface area contributed by atoms with Crippen molar-refractivity contribution in [3.05, 3.63) is 62.5 Å². The summed E-state index contributed by atoms with van der Waals surface area (Å²) in [5.74, 6) is 0.509. The summed E-state index contributed by atoms with van der Waals surface area (Å²) in [6, 6.07) is 11.6. The molecule has 0 bridgehead atoms. The lowest BCUT2D eigenvalue weighted by molar-refractivity contribution is -0.111. The summed E-state index contributed by atoms with van der Waals surface area (Å²) in [5, 5.41) is 2.91. The van der Waals surface area contributed by atoms with E-state index in [1.54, 1.807) is 13.2 Å². The maximum atomic E-state index is 12.2. The summed E-state index contributed by atoms with van der Waals surface area (Å²) >= 11 is 6.88. The van der Waals surface area contributed by atoms with Crippen LogP contribution in [-0.2, 0) is 11.2 Å². The number of rotatable bonds is 5. The quantitative estimate of drug-likeness (QED) is 0.631. The molecule has 0 heterocycles. The SMILES string of the molecule is CCc1ccccc1NC(=O)C=Cc1cc(Br)cc(Br)c1OC. The largest absolute Gasteiger partial charge is 0.495 e. The van der Waals surface area contributed by atoms with E-state index in [1.807, 2.05) is 36.4 Å². The molecule has 0 aromatic heterocycles. The topological polar surface area (TPSA) is 38.3 Å². The molecule has 120 valence electrons. The summed E-state index contributed by atoms with van der Waals surface area (Å²) in [5.41, 5.74) is 2.76. The average Bonchev–Trinajstić information content (AvgIpc) is 2.53. The minimum absolute atomic E-state index is 0.177.